The number of urea groups is 1. The number of aromatic amines is 1. The van der Waals surface area contributed by atoms with Crippen LogP contribution in [0.3, 0.4) is 0 Å². The number of benzene rings is 1. The van der Waals surface area contributed by atoms with Crippen LogP contribution in [0.15, 0.2) is 47.7 Å². The number of fused-ring (bicyclic) bond motifs is 1. The fourth-order valence-electron chi connectivity index (χ4n) is 3.25. The summed E-state index contributed by atoms with van der Waals surface area (Å²) < 4.78 is 0. The number of anilines is 2. The van der Waals surface area contributed by atoms with Gasteiger partial charge in [0.1, 0.15) is 5.69 Å². The maximum absolute atomic E-state index is 12.7. The molecule has 3 heterocycles. The summed E-state index contributed by atoms with van der Waals surface area (Å²) >= 11 is 0. The molecule has 0 spiro atoms. The van der Waals surface area contributed by atoms with Gasteiger partial charge < -0.3 is 20.1 Å². The smallest absolute Gasteiger partial charge is 0.322 e. The largest absolute Gasteiger partial charge is 0.359 e. The van der Waals surface area contributed by atoms with Gasteiger partial charge in [0.25, 0.3) is 0 Å². The van der Waals surface area contributed by atoms with Crippen molar-refractivity contribution >= 4 is 28.6 Å². The first-order valence-electron chi connectivity index (χ1n) is 8.82. The predicted octanol–water partition coefficient (Wildman–Crippen LogP) is 1.98. The Morgan fingerprint density at radius 2 is 1.85 bits per heavy atom. The van der Waals surface area contributed by atoms with Gasteiger partial charge in [-0.15, -0.1) is 0 Å². The number of rotatable bonds is 2. The molecule has 8 heteroatoms. The second-order valence-corrected chi connectivity index (χ2v) is 6.48. The molecular formula is C19H20N6O2. The molecule has 1 saturated heterocycles. The molecule has 1 fully saturated rings. The number of carbonyl (C=O) groups excluding carboxylic acids is 1. The van der Waals surface area contributed by atoms with Crippen LogP contribution in [0, 0.1) is 6.92 Å². The molecule has 0 saturated carbocycles. The Balaban J connectivity index is 1.45. The summed E-state index contributed by atoms with van der Waals surface area (Å²) in [6.45, 7) is 4.30. The second kappa shape index (κ2) is 7.06. The van der Waals surface area contributed by atoms with E-state index in [0.717, 1.165) is 11.1 Å². The fourth-order valence-corrected chi connectivity index (χ4v) is 3.25. The topological polar surface area (TPSA) is 94.2 Å². The maximum atomic E-state index is 12.7. The molecule has 138 valence electrons. The number of piperazine rings is 1. The molecule has 0 bridgehead atoms. The lowest BCUT2D eigenvalue weighted by molar-refractivity contribution is 0.208. The van der Waals surface area contributed by atoms with Gasteiger partial charge in [-0.3, -0.25) is 4.79 Å². The van der Waals surface area contributed by atoms with E-state index in [1.165, 1.54) is 0 Å². The molecule has 1 aliphatic rings. The number of pyridine rings is 1. The lowest BCUT2D eigenvalue weighted by Crippen LogP contribution is -2.50. The first kappa shape index (κ1) is 17.0. The van der Waals surface area contributed by atoms with Crippen molar-refractivity contribution in [2.45, 2.75) is 6.92 Å². The van der Waals surface area contributed by atoms with Crippen LogP contribution in [0.2, 0.25) is 0 Å². The monoisotopic (exact) mass is 364 g/mol. The zero-order valence-electron chi connectivity index (χ0n) is 15.0. The van der Waals surface area contributed by atoms with Gasteiger partial charge in [0.15, 0.2) is 0 Å². The molecule has 8 nitrogen and oxygen atoms in total. The lowest BCUT2D eigenvalue weighted by Gasteiger charge is -2.34. The molecule has 0 radical (unpaired) electrons. The molecule has 1 aliphatic heterocycles. The molecule has 2 aromatic heterocycles. The highest BCUT2D eigenvalue weighted by atomic mass is 16.2. The van der Waals surface area contributed by atoms with E-state index in [-0.39, 0.29) is 17.1 Å². The highest BCUT2D eigenvalue weighted by Crippen LogP contribution is 2.15. The van der Waals surface area contributed by atoms with Crippen LogP contribution in [-0.2, 0) is 0 Å². The molecule has 27 heavy (non-hydrogen) atoms. The standard InChI is InChI=1S/C19H20N6O2/c1-13-4-2-5-14-16(13)22-12-15(17(14)26)23-19(27)25-10-8-24(9-11-25)18-20-6-3-7-21-18/h2-7,12H,8-11H2,1H3,(H,22,26)(H,23,27). The first-order valence-corrected chi connectivity index (χ1v) is 8.82. The van der Waals surface area contributed by atoms with Gasteiger partial charge in [-0.05, 0) is 24.6 Å². The Bertz CT molecular complexity index is 1030. The van der Waals surface area contributed by atoms with Crippen molar-refractivity contribution in [3.8, 4) is 0 Å². The minimum atomic E-state index is -0.277. The van der Waals surface area contributed by atoms with Crippen LogP contribution >= 0.6 is 0 Å². The van der Waals surface area contributed by atoms with Crippen molar-refractivity contribution in [3.05, 3.63) is 58.6 Å². The van der Waals surface area contributed by atoms with E-state index in [1.54, 1.807) is 35.6 Å². The maximum Gasteiger partial charge on any atom is 0.322 e. The number of amides is 2. The van der Waals surface area contributed by atoms with E-state index >= 15 is 0 Å². The highest BCUT2D eigenvalue weighted by Gasteiger charge is 2.23. The number of H-pyrrole nitrogens is 1. The van der Waals surface area contributed by atoms with Crippen molar-refractivity contribution in [2.24, 2.45) is 0 Å². The summed E-state index contributed by atoms with van der Waals surface area (Å²) in [7, 11) is 0. The lowest BCUT2D eigenvalue weighted by atomic mass is 10.1. The van der Waals surface area contributed by atoms with Gasteiger partial charge in [0.05, 0.1) is 5.52 Å². The number of nitrogens with one attached hydrogen (secondary N) is 2. The van der Waals surface area contributed by atoms with Crippen LogP contribution in [0.5, 0.6) is 0 Å². The number of hydrogen-bond donors (Lipinski definition) is 2. The number of aromatic nitrogens is 3. The Hall–Kier alpha value is -3.42. The molecule has 4 rings (SSSR count). The first-order chi connectivity index (χ1) is 13.1. The zero-order valence-corrected chi connectivity index (χ0v) is 15.0. The zero-order chi connectivity index (χ0) is 18.8. The number of aryl methyl sites for hydroxylation is 1. The fraction of sp³-hybridized carbons (Fsp3) is 0.263. The summed E-state index contributed by atoms with van der Waals surface area (Å²) in [5.74, 6) is 0.666. The van der Waals surface area contributed by atoms with Gasteiger partial charge >= 0.3 is 6.03 Å². The Morgan fingerprint density at radius 3 is 2.59 bits per heavy atom. The number of nitrogens with zero attached hydrogens (tertiary/aromatic N) is 4. The van der Waals surface area contributed by atoms with Crippen molar-refractivity contribution in [1.82, 2.24) is 19.9 Å². The molecule has 3 aromatic rings. The molecule has 0 unspecified atom stereocenters. The normalized spacial score (nSPS) is 14.4. The average molecular weight is 364 g/mol. The van der Waals surface area contributed by atoms with E-state index in [2.05, 4.69) is 20.3 Å². The predicted molar refractivity (Wildman–Crippen MR) is 104 cm³/mol. The molecule has 0 atom stereocenters. The van der Waals surface area contributed by atoms with Crippen molar-refractivity contribution < 1.29 is 4.79 Å². The van der Waals surface area contributed by atoms with Gasteiger partial charge in [-0.25, -0.2) is 14.8 Å². The van der Waals surface area contributed by atoms with Crippen LogP contribution in [0.1, 0.15) is 5.56 Å². The molecule has 0 aliphatic carbocycles. The second-order valence-electron chi connectivity index (χ2n) is 6.48. The summed E-state index contributed by atoms with van der Waals surface area (Å²) in [6.07, 6.45) is 4.97. The molecule has 2 N–H and O–H groups in total. The van der Waals surface area contributed by atoms with E-state index in [1.807, 2.05) is 24.0 Å². The highest BCUT2D eigenvalue weighted by molar-refractivity contribution is 5.92. The van der Waals surface area contributed by atoms with Gasteiger partial charge in [-0.1, -0.05) is 12.1 Å². The Kier molecular flexibility index (Phi) is 4.45. The van der Waals surface area contributed by atoms with Crippen LogP contribution in [-0.4, -0.2) is 52.1 Å². The third-order valence-electron chi connectivity index (χ3n) is 4.77. The van der Waals surface area contributed by atoms with E-state index in [4.69, 9.17) is 0 Å². The summed E-state index contributed by atoms with van der Waals surface area (Å²) in [5, 5.41) is 3.31. The molecule has 1 aromatic carbocycles. The van der Waals surface area contributed by atoms with Crippen molar-refractivity contribution in [1.29, 1.82) is 0 Å². The quantitative estimate of drug-likeness (QED) is 0.725. The minimum absolute atomic E-state index is 0.183. The summed E-state index contributed by atoms with van der Waals surface area (Å²) in [6, 6.07) is 7.03. The third kappa shape index (κ3) is 3.33. The third-order valence-corrected chi connectivity index (χ3v) is 4.77. The van der Waals surface area contributed by atoms with Crippen LogP contribution < -0.4 is 15.6 Å². The summed E-state index contributed by atoms with van der Waals surface area (Å²) in [4.78, 5) is 40.6. The van der Waals surface area contributed by atoms with Crippen LogP contribution in [0.4, 0.5) is 16.4 Å². The van der Waals surface area contributed by atoms with Gasteiger partial charge in [0.2, 0.25) is 11.4 Å². The average Bonchev–Trinajstić information content (AvgIpc) is 2.71. The van der Waals surface area contributed by atoms with Crippen LogP contribution in [0.25, 0.3) is 10.9 Å². The number of hydrogen-bond acceptors (Lipinski definition) is 5. The SMILES string of the molecule is Cc1cccc2c(=O)c(NC(=O)N3CCN(c4ncccn4)CC3)c[nH]c12. The van der Waals surface area contributed by atoms with Crippen molar-refractivity contribution in [2.75, 3.05) is 36.4 Å². The minimum Gasteiger partial charge on any atom is -0.359 e. The molecular weight excluding hydrogens is 344 g/mol. The van der Waals surface area contributed by atoms with E-state index < -0.39 is 0 Å². The Labute approximate surface area is 155 Å². The van der Waals surface area contributed by atoms with Crippen molar-refractivity contribution in [3.63, 3.8) is 0 Å². The number of carbonyl (C=O) groups is 1. The summed E-state index contributed by atoms with van der Waals surface area (Å²) in [5.41, 5.74) is 1.85. The van der Waals surface area contributed by atoms with Gasteiger partial charge in [0, 0.05) is 50.2 Å². The molecule has 2 amide bonds. The van der Waals surface area contributed by atoms with E-state index in [9.17, 15) is 9.59 Å². The number of para-hydroxylation sites is 1. The Morgan fingerprint density at radius 1 is 1.11 bits per heavy atom. The van der Waals surface area contributed by atoms with E-state index in [0.29, 0.717) is 37.5 Å². The van der Waals surface area contributed by atoms with Gasteiger partial charge in [-0.2, -0.15) is 0 Å².